The van der Waals surface area contributed by atoms with Crippen molar-refractivity contribution in [2.75, 3.05) is 40.3 Å². The summed E-state index contributed by atoms with van der Waals surface area (Å²) in [7, 11) is 4.10. The number of thiazole rings is 1. The summed E-state index contributed by atoms with van der Waals surface area (Å²) in [6.45, 7) is 5.04. The Hall–Kier alpha value is -0.980. The van der Waals surface area contributed by atoms with Gasteiger partial charge in [-0.3, -0.25) is 0 Å². The van der Waals surface area contributed by atoms with Crippen LogP contribution in [0.4, 0.5) is 0 Å². The van der Waals surface area contributed by atoms with Gasteiger partial charge in [0.2, 0.25) is 0 Å². The van der Waals surface area contributed by atoms with Gasteiger partial charge in [-0.25, -0.2) is 9.78 Å². The monoisotopic (exact) mass is 271 g/mol. The molecule has 18 heavy (non-hydrogen) atoms. The number of rotatable bonds is 8. The number of esters is 1. The minimum absolute atomic E-state index is 0.333. The Balaban J connectivity index is 2.25. The van der Waals surface area contributed by atoms with E-state index >= 15 is 0 Å². The molecule has 0 aliphatic carbocycles. The van der Waals surface area contributed by atoms with Crippen LogP contribution in [0, 0.1) is 0 Å². The van der Waals surface area contributed by atoms with Crippen molar-refractivity contribution in [2.24, 2.45) is 0 Å². The van der Waals surface area contributed by atoms with E-state index < -0.39 is 0 Å². The number of ether oxygens (including phenoxy) is 1. The quantitative estimate of drug-likeness (QED) is 0.565. The Morgan fingerprint density at radius 1 is 1.50 bits per heavy atom. The predicted octanol–water partition coefficient (Wildman–Crippen LogP) is 1.01. The van der Waals surface area contributed by atoms with Crippen LogP contribution in [-0.4, -0.2) is 56.2 Å². The number of nitrogens with zero attached hydrogens (tertiary/aromatic N) is 2. The minimum Gasteiger partial charge on any atom is -0.461 e. The van der Waals surface area contributed by atoms with Crippen molar-refractivity contribution in [3.05, 3.63) is 16.1 Å². The number of hydrogen-bond donors (Lipinski definition) is 1. The third-order valence-corrected chi connectivity index (χ3v) is 3.20. The lowest BCUT2D eigenvalue weighted by Gasteiger charge is -2.09. The normalized spacial score (nSPS) is 10.9. The van der Waals surface area contributed by atoms with E-state index in [9.17, 15) is 4.79 Å². The molecule has 1 N–H and O–H groups in total. The summed E-state index contributed by atoms with van der Waals surface area (Å²) in [6.07, 6.45) is 0.845. The number of carbonyl (C=O) groups excluding carboxylic acids is 1. The van der Waals surface area contributed by atoms with Crippen LogP contribution in [0.15, 0.2) is 5.38 Å². The van der Waals surface area contributed by atoms with Crippen LogP contribution in [0.2, 0.25) is 0 Å². The summed E-state index contributed by atoms with van der Waals surface area (Å²) < 4.78 is 4.89. The summed E-state index contributed by atoms with van der Waals surface area (Å²) in [5, 5.41) is 6.06. The SMILES string of the molecule is CCOC(=O)c1csc(CCNCCN(C)C)n1. The molecule has 0 radical (unpaired) electrons. The van der Waals surface area contributed by atoms with Crippen molar-refractivity contribution in [3.8, 4) is 0 Å². The van der Waals surface area contributed by atoms with E-state index in [-0.39, 0.29) is 5.97 Å². The third-order valence-electron chi connectivity index (χ3n) is 2.29. The van der Waals surface area contributed by atoms with E-state index in [4.69, 9.17) is 4.74 Å². The lowest BCUT2D eigenvalue weighted by molar-refractivity contribution is 0.0520. The first kappa shape index (κ1) is 15.1. The standard InChI is InChI=1S/C12H21N3O2S/c1-4-17-12(16)10-9-18-11(14-10)5-6-13-7-8-15(2)3/h9,13H,4-8H2,1-3H3. The second-order valence-corrected chi connectivity index (χ2v) is 5.09. The molecule has 1 aromatic heterocycles. The number of aromatic nitrogens is 1. The van der Waals surface area contributed by atoms with Crippen molar-refractivity contribution < 1.29 is 9.53 Å². The molecule has 0 unspecified atom stereocenters. The molecule has 0 aromatic carbocycles. The van der Waals surface area contributed by atoms with Crippen LogP contribution in [-0.2, 0) is 11.2 Å². The zero-order valence-corrected chi connectivity index (χ0v) is 12.0. The Kier molecular flexibility index (Phi) is 6.85. The third kappa shape index (κ3) is 5.57. The molecule has 1 rings (SSSR count). The molecule has 0 fully saturated rings. The lowest BCUT2D eigenvalue weighted by Crippen LogP contribution is -2.27. The maximum Gasteiger partial charge on any atom is 0.357 e. The van der Waals surface area contributed by atoms with E-state index in [0.717, 1.165) is 31.1 Å². The van der Waals surface area contributed by atoms with Crippen LogP contribution in [0.25, 0.3) is 0 Å². The van der Waals surface area contributed by atoms with Gasteiger partial charge in [-0.15, -0.1) is 11.3 Å². The van der Waals surface area contributed by atoms with Crippen molar-refractivity contribution in [2.45, 2.75) is 13.3 Å². The Morgan fingerprint density at radius 3 is 2.94 bits per heavy atom. The molecule has 5 nitrogen and oxygen atoms in total. The highest BCUT2D eigenvalue weighted by Crippen LogP contribution is 2.11. The maximum atomic E-state index is 11.4. The van der Waals surface area contributed by atoms with Gasteiger partial charge in [0, 0.05) is 31.4 Å². The molecule has 0 aliphatic heterocycles. The molecule has 6 heteroatoms. The Morgan fingerprint density at radius 2 is 2.28 bits per heavy atom. The lowest BCUT2D eigenvalue weighted by atomic mass is 10.4. The second-order valence-electron chi connectivity index (χ2n) is 4.15. The van der Waals surface area contributed by atoms with Crippen molar-refractivity contribution >= 4 is 17.3 Å². The first-order valence-corrected chi connectivity index (χ1v) is 6.98. The van der Waals surface area contributed by atoms with Crippen LogP contribution >= 0.6 is 11.3 Å². The highest BCUT2D eigenvalue weighted by molar-refractivity contribution is 7.09. The second kappa shape index (κ2) is 8.18. The van der Waals surface area contributed by atoms with Crippen LogP contribution < -0.4 is 5.32 Å². The summed E-state index contributed by atoms with van der Waals surface area (Å²) in [6, 6.07) is 0. The van der Waals surface area contributed by atoms with Crippen molar-refractivity contribution in [1.82, 2.24) is 15.2 Å². The molecule has 0 bridgehead atoms. The van der Waals surface area contributed by atoms with Crippen LogP contribution in [0.3, 0.4) is 0 Å². The zero-order chi connectivity index (χ0) is 13.4. The largest absolute Gasteiger partial charge is 0.461 e. The van der Waals surface area contributed by atoms with Crippen molar-refractivity contribution in [1.29, 1.82) is 0 Å². The Bertz CT molecular complexity index is 366. The molecule has 102 valence electrons. The van der Waals surface area contributed by atoms with Gasteiger partial charge < -0.3 is 15.0 Å². The summed E-state index contributed by atoms with van der Waals surface area (Å²) in [4.78, 5) is 17.8. The van der Waals surface area contributed by atoms with E-state index in [1.807, 2.05) is 14.1 Å². The molecular weight excluding hydrogens is 250 g/mol. The summed E-state index contributed by atoms with van der Waals surface area (Å²) in [5.74, 6) is -0.333. The molecule has 0 amide bonds. The van der Waals surface area contributed by atoms with E-state index in [2.05, 4.69) is 15.2 Å². The van der Waals surface area contributed by atoms with Crippen molar-refractivity contribution in [3.63, 3.8) is 0 Å². The molecule has 0 saturated carbocycles. The molecular formula is C12H21N3O2S. The molecule has 1 aromatic rings. The fourth-order valence-corrected chi connectivity index (χ4v) is 2.12. The van der Waals surface area contributed by atoms with Gasteiger partial charge in [0.05, 0.1) is 11.6 Å². The maximum absolute atomic E-state index is 11.4. The number of carbonyl (C=O) groups is 1. The Labute approximate surface area is 112 Å². The van der Waals surface area contributed by atoms with Gasteiger partial charge in [-0.05, 0) is 21.0 Å². The van der Waals surface area contributed by atoms with Gasteiger partial charge >= 0.3 is 5.97 Å². The van der Waals surface area contributed by atoms with Gasteiger partial charge in [0.1, 0.15) is 0 Å². The van der Waals surface area contributed by atoms with Crippen LogP contribution in [0.5, 0.6) is 0 Å². The highest BCUT2D eigenvalue weighted by Gasteiger charge is 2.10. The summed E-state index contributed by atoms with van der Waals surface area (Å²) >= 11 is 1.51. The molecule has 1 heterocycles. The average Bonchev–Trinajstić information content (AvgIpc) is 2.77. The fourth-order valence-electron chi connectivity index (χ4n) is 1.35. The molecule has 0 saturated heterocycles. The van der Waals surface area contributed by atoms with Gasteiger partial charge in [0.15, 0.2) is 5.69 Å². The number of nitrogens with one attached hydrogen (secondary N) is 1. The molecule has 0 spiro atoms. The van der Waals surface area contributed by atoms with Gasteiger partial charge in [-0.1, -0.05) is 0 Å². The van der Waals surface area contributed by atoms with Gasteiger partial charge in [-0.2, -0.15) is 0 Å². The number of likely N-dealkylation sites (N-methyl/N-ethyl adjacent to an activating group) is 1. The molecule has 0 aliphatic rings. The zero-order valence-electron chi connectivity index (χ0n) is 11.2. The molecule has 0 atom stereocenters. The smallest absolute Gasteiger partial charge is 0.357 e. The topological polar surface area (TPSA) is 54.5 Å². The number of hydrogen-bond acceptors (Lipinski definition) is 6. The fraction of sp³-hybridized carbons (Fsp3) is 0.667. The van der Waals surface area contributed by atoms with E-state index in [1.165, 1.54) is 11.3 Å². The predicted molar refractivity (Wildman–Crippen MR) is 73.2 cm³/mol. The minimum atomic E-state index is -0.333. The average molecular weight is 271 g/mol. The van der Waals surface area contributed by atoms with E-state index in [0.29, 0.717) is 12.3 Å². The summed E-state index contributed by atoms with van der Waals surface area (Å²) in [5.41, 5.74) is 0.421. The first-order chi connectivity index (χ1) is 8.63. The van der Waals surface area contributed by atoms with Crippen LogP contribution in [0.1, 0.15) is 22.4 Å². The highest BCUT2D eigenvalue weighted by atomic mass is 32.1. The van der Waals surface area contributed by atoms with E-state index in [1.54, 1.807) is 12.3 Å². The first-order valence-electron chi connectivity index (χ1n) is 6.10. The van der Waals surface area contributed by atoms with Gasteiger partial charge in [0.25, 0.3) is 0 Å².